The number of aromatic nitrogens is 2. The molecule has 0 saturated carbocycles. The van der Waals surface area contributed by atoms with Crippen LogP contribution in [0.4, 0.5) is 10.1 Å². The van der Waals surface area contributed by atoms with Gasteiger partial charge >= 0.3 is 0 Å². The molecule has 0 unspecified atom stereocenters. The number of nitrogens with one attached hydrogen (secondary N) is 2. The maximum Gasteiger partial charge on any atom is 0.276 e. The van der Waals surface area contributed by atoms with Crippen LogP contribution < -0.4 is 10.6 Å². The summed E-state index contributed by atoms with van der Waals surface area (Å²) in [6.07, 6.45) is 2.56. The second-order valence-corrected chi connectivity index (χ2v) is 8.75. The molecule has 0 spiro atoms. The second kappa shape index (κ2) is 7.98. The highest BCUT2D eigenvalue weighted by Gasteiger charge is 2.27. The zero-order valence-electron chi connectivity index (χ0n) is 17.8. The van der Waals surface area contributed by atoms with Gasteiger partial charge in [-0.05, 0) is 88.6 Å². The third-order valence-electron chi connectivity index (χ3n) is 5.11. The number of rotatable bonds is 4. The van der Waals surface area contributed by atoms with Gasteiger partial charge in [-0.15, -0.1) is 0 Å². The minimum atomic E-state index is -0.326. The molecule has 31 heavy (non-hydrogen) atoms. The number of hydrogen-bond donors (Lipinski definition) is 2. The highest BCUT2D eigenvalue weighted by atomic mass is 19.1. The summed E-state index contributed by atoms with van der Waals surface area (Å²) in [6.45, 7) is 5.76. The number of carbonyl (C=O) groups excluding carboxylic acids is 2. The molecule has 2 N–H and O–H groups in total. The fourth-order valence-corrected chi connectivity index (χ4v) is 3.72. The fraction of sp³-hybridized carbons (Fsp3) is 0.292. The molecule has 0 atom stereocenters. The summed E-state index contributed by atoms with van der Waals surface area (Å²) < 4.78 is 15.0. The van der Waals surface area contributed by atoms with E-state index in [1.165, 1.54) is 12.1 Å². The average molecular weight is 420 g/mol. The number of fused-ring (bicyclic) bond motifs is 1. The third kappa shape index (κ3) is 4.50. The summed E-state index contributed by atoms with van der Waals surface area (Å²) in [6, 6.07) is 12.8. The van der Waals surface area contributed by atoms with Crippen molar-refractivity contribution in [1.29, 1.82) is 0 Å². The Morgan fingerprint density at radius 3 is 2.29 bits per heavy atom. The van der Waals surface area contributed by atoms with Crippen molar-refractivity contribution in [2.24, 2.45) is 0 Å². The van der Waals surface area contributed by atoms with Crippen molar-refractivity contribution in [2.75, 3.05) is 5.32 Å². The summed E-state index contributed by atoms with van der Waals surface area (Å²) >= 11 is 0. The molecule has 0 aliphatic heterocycles. The van der Waals surface area contributed by atoms with Crippen LogP contribution in [0.15, 0.2) is 48.5 Å². The Morgan fingerprint density at radius 1 is 0.968 bits per heavy atom. The summed E-state index contributed by atoms with van der Waals surface area (Å²) in [5, 5.41) is 10.3. The molecule has 3 aromatic rings. The minimum absolute atomic E-state index is 0.166. The Hall–Kier alpha value is -3.48. The van der Waals surface area contributed by atoms with Crippen molar-refractivity contribution in [2.45, 2.75) is 45.6 Å². The Balaban J connectivity index is 1.54. The van der Waals surface area contributed by atoms with E-state index in [9.17, 15) is 14.0 Å². The highest BCUT2D eigenvalue weighted by Crippen LogP contribution is 2.28. The molecule has 0 radical (unpaired) electrons. The molecular formula is C24H25FN4O2. The van der Waals surface area contributed by atoms with E-state index < -0.39 is 0 Å². The first kappa shape index (κ1) is 20.8. The molecule has 1 heterocycles. The van der Waals surface area contributed by atoms with Crippen molar-refractivity contribution in [3.05, 3.63) is 76.9 Å². The molecular weight excluding hydrogens is 395 g/mol. The Morgan fingerprint density at radius 2 is 1.65 bits per heavy atom. The Bertz CT molecular complexity index is 1130. The number of amides is 2. The quantitative estimate of drug-likeness (QED) is 0.661. The molecule has 0 fully saturated rings. The molecule has 1 aliphatic carbocycles. The van der Waals surface area contributed by atoms with Gasteiger partial charge in [-0.3, -0.25) is 9.59 Å². The first-order valence-corrected chi connectivity index (χ1v) is 10.3. The second-order valence-electron chi connectivity index (χ2n) is 8.75. The van der Waals surface area contributed by atoms with E-state index in [4.69, 9.17) is 0 Å². The lowest BCUT2D eigenvalue weighted by Crippen LogP contribution is -2.40. The first-order valence-electron chi connectivity index (χ1n) is 10.3. The minimum Gasteiger partial charge on any atom is -0.347 e. The van der Waals surface area contributed by atoms with Crippen molar-refractivity contribution < 1.29 is 14.0 Å². The van der Waals surface area contributed by atoms with Crippen LogP contribution in [0.2, 0.25) is 0 Å². The molecule has 2 aromatic carbocycles. The van der Waals surface area contributed by atoms with Gasteiger partial charge in [0.15, 0.2) is 5.69 Å². The summed E-state index contributed by atoms with van der Waals surface area (Å²) in [5.41, 5.74) is 3.82. The lowest BCUT2D eigenvalue weighted by Gasteiger charge is -2.20. The Kier molecular flexibility index (Phi) is 5.35. The third-order valence-corrected chi connectivity index (χ3v) is 5.11. The predicted molar refractivity (Wildman–Crippen MR) is 117 cm³/mol. The maximum atomic E-state index is 13.3. The van der Waals surface area contributed by atoms with Gasteiger partial charge in [-0.1, -0.05) is 0 Å². The van der Waals surface area contributed by atoms with Crippen LogP contribution in [0, 0.1) is 5.82 Å². The topological polar surface area (TPSA) is 76.0 Å². The normalized spacial score (nSPS) is 13.0. The fourth-order valence-electron chi connectivity index (χ4n) is 3.72. The van der Waals surface area contributed by atoms with Crippen LogP contribution in [-0.2, 0) is 12.8 Å². The van der Waals surface area contributed by atoms with Gasteiger partial charge in [-0.25, -0.2) is 9.07 Å². The summed E-state index contributed by atoms with van der Waals surface area (Å²) in [4.78, 5) is 25.2. The lowest BCUT2D eigenvalue weighted by molar-refractivity contribution is 0.0919. The number of benzene rings is 2. The summed E-state index contributed by atoms with van der Waals surface area (Å²) in [7, 11) is 0. The number of nitrogens with zero attached hydrogens (tertiary/aromatic N) is 2. The summed E-state index contributed by atoms with van der Waals surface area (Å²) in [5.74, 6) is -0.780. The van der Waals surface area contributed by atoms with Crippen LogP contribution >= 0.6 is 0 Å². The SMILES string of the molecule is CC(C)(C)NC(=O)c1ccc(NC(=O)c2nn(-c3ccc(F)cc3)c3c2CCC3)cc1. The van der Waals surface area contributed by atoms with Crippen molar-refractivity contribution in [1.82, 2.24) is 15.1 Å². The van der Waals surface area contributed by atoms with Gasteiger partial charge in [0.25, 0.3) is 11.8 Å². The Labute approximate surface area is 180 Å². The molecule has 2 amide bonds. The molecule has 7 heteroatoms. The molecule has 6 nitrogen and oxygen atoms in total. The van der Waals surface area contributed by atoms with Gasteiger partial charge in [0.2, 0.25) is 0 Å². The van der Waals surface area contributed by atoms with E-state index in [2.05, 4.69) is 15.7 Å². The van der Waals surface area contributed by atoms with Crippen molar-refractivity contribution in [3.8, 4) is 5.69 Å². The monoisotopic (exact) mass is 420 g/mol. The molecule has 1 aromatic heterocycles. The lowest BCUT2D eigenvalue weighted by atomic mass is 10.1. The van der Waals surface area contributed by atoms with Crippen LogP contribution in [-0.4, -0.2) is 27.1 Å². The van der Waals surface area contributed by atoms with Gasteiger partial charge in [0, 0.05) is 28.0 Å². The van der Waals surface area contributed by atoms with E-state index >= 15 is 0 Å². The van der Waals surface area contributed by atoms with E-state index in [0.29, 0.717) is 16.9 Å². The van der Waals surface area contributed by atoms with Crippen LogP contribution in [0.3, 0.4) is 0 Å². The predicted octanol–water partition coefficient (Wildman–Crippen LogP) is 4.28. The maximum absolute atomic E-state index is 13.3. The zero-order chi connectivity index (χ0) is 22.2. The zero-order valence-corrected chi connectivity index (χ0v) is 17.8. The molecule has 0 bridgehead atoms. The van der Waals surface area contributed by atoms with Crippen LogP contribution in [0.1, 0.15) is 59.3 Å². The number of anilines is 1. The average Bonchev–Trinajstić information content (AvgIpc) is 3.30. The standard InChI is InChI=1S/C24H25FN4O2/c1-24(2,3)27-22(30)15-7-11-17(12-8-15)26-23(31)21-19-5-4-6-20(19)29(28-21)18-13-9-16(25)10-14-18/h7-14H,4-6H2,1-3H3,(H,26,31)(H,27,30). The smallest absolute Gasteiger partial charge is 0.276 e. The van der Waals surface area contributed by atoms with Crippen molar-refractivity contribution >= 4 is 17.5 Å². The van der Waals surface area contributed by atoms with E-state index in [1.807, 2.05) is 20.8 Å². The first-order chi connectivity index (χ1) is 14.7. The molecule has 0 saturated heterocycles. The van der Waals surface area contributed by atoms with Gasteiger partial charge in [0.1, 0.15) is 5.82 Å². The molecule has 1 aliphatic rings. The van der Waals surface area contributed by atoms with E-state index in [-0.39, 0.29) is 23.2 Å². The van der Waals surface area contributed by atoms with E-state index in [1.54, 1.807) is 41.1 Å². The number of hydrogen-bond acceptors (Lipinski definition) is 3. The number of halogens is 1. The van der Waals surface area contributed by atoms with Gasteiger partial charge in [-0.2, -0.15) is 5.10 Å². The van der Waals surface area contributed by atoms with Crippen LogP contribution in [0.25, 0.3) is 5.69 Å². The van der Waals surface area contributed by atoms with Gasteiger partial charge < -0.3 is 10.6 Å². The molecule has 160 valence electrons. The molecule has 4 rings (SSSR count). The van der Waals surface area contributed by atoms with Crippen molar-refractivity contribution in [3.63, 3.8) is 0 Å². The van der Waals surface area contributed by atoms with E-state index in [0.717, 1.165) is 36.2 Å². The highest BCUT2D eigenvalue weighted by molar-refractivity contribution is 6.04. The van der Waals surface area contributed by atoms with Gasteiger partial charge in [0.05, 0.1) is 5.69 Å². The largest absolute Gasteiger partial charge is 0.347 e. The number of carbonyl (C=O) groups is 2. The van der Waals surface area contributed by atoms with Crippen LogP contribution in [0.5, 0.6) is 0 Å².